The molecule has 0 aromatic rings. The van der Waals surface area contributed by atoms with Crippen molar-refractivity contribution in [2.45, 2.75) is 25.8 Å². The van der Waals surface area contributed by atoms with Crippen molar-refractivity contribution in [1.29, 1.82) is 0 Å². The minimum atomic E-state index is -2.34. The third-order valence-electron chi connectivity index (χ3n) is 1.17. The first-order chi connectivity index (χ1) is 3.48. The predicted molar refractivity (Wildman–Crippen MR) is 43.0 cm³/mol. The molecule has 8 heavy (non-hydrogen) atoms. The van der Waals surface area contributed by atoms with Gasteiger partial charge in [0.25, 0.3) is 0 Å². The van der Waals surface area contributed by atoms with E-state index in [0.29, 0.717) is 0 Å². The summed E-state index contributed by atoms with van der Waals surface area (Å²) in [7, 11) is 0. The van der Waals surface area contributed by atoms with Gasteiger partial charge in [-0.2, -0.15) is 0 Å². The van der Waals surface area contributed by atoms with Crippen molar-refractivity contribution in [3.8, 4) is 0 Å². The first kappa shape index (κ1) is 9.09. The maximum Gasteiger partial charge on any atom is 0.344 e. The van der Waals surface area contributed by atoms with Crippen LogP contribution in [0.2, 0.25) is 5.54 Å². The van der Waals surface area contributed by atoms with E-state index < -0.39 is 6.00 Å². The Morgan fingerprint density at radius 3 is 1.75 bits per heavy atom. The molecule has 0 aliphatic carbocycles. The molecule has 1 unspecified atom stereocenters. The van der Waals surface area contributed by atoms with Gasteiger partial charge >= 0.3 is 6.00 Å². The second kappa shape index (κ2) is 3.30. The van der Waals surface area contributed by atoms with Crippen LogP contribution in [0.15, 0.2) is 0 Å². The predicted octanol–water partition coefficient (Wildman–Crippen LogP) is 3.44. The monoisotopic (exact) mass is 190 g/mol. The summed E-state index contributed by atoms with van der Waals surface area (Å²) in [5.74, 6) is 0. The Balaban J connectivity index is 3.62. The van der Waals surface area contributed by atoms with Crippen molar-refractivity contribution in [1.82, 2.24) is 0 Å². The van der Waals surface area contributed by atoms with Gasteiger partial charge in [-0.05, 0) is 5.54 Å². The van der Waals surface area contributed by atoms with Crippen molar-refractivity contribution in [3.05, 3.63) is 0 Å². The quantitative estimate of drug-likeness (QED) is 0.463. The van der Waals surface area contributed by atoms with E-state index in [0.717, 1.165) is 6.42 Å². The Morgan fingerprint density at radius 2 is 1.75 bits per heavy atom. The fourth-order valence-electron chi connectivity index (χ4n) is 0.231. The molecule has 0 rings (SSSR count). The highest BCUT2D eigenvalue weighted by atomic mass is 35.8. The van der Waals surface area contributed by atoms with Crippen LogP contribution in [-0.2, 0) is 0 Å². The Bertz CT molecular complexity index is 68.2. The van der Waals surface area contributed by atoms with Gasteiger partial charge in [0, 0.05) is 0 Å². The second-order valence-electron chi connectivity index (χ2n) is 1.85. The van der Waals surface area contributed by atoms with Crippen LogP contribution in [0.5, 0.6) is 0 Å². The topological polar surface area (TPSA) is 0 Å². The highest BCUT2D eigenvalue weighted by Gasteiger charge is 2.31. The van der Waals surface area contributed by atoms with Crippen molar-refractivity contribution in [2.75, 3.05) is 0 Å². The fourth-order valence-corrected chi connectivity index (χ4v) is 2.08. The Kier molecular flexibility index (Phi) is 3.75. The average molecular weight is 192 g/mol. The van der Waals surface area contributed by atoms with E-state index in [-0.39, 0.29) is 5.54 Å². The zero-order valence-electron chi connectivity index (χ0n) is 4.92. The highest BCUT2D eigenvalue weighted by Crippen LogP contribution is 2.35. The maximum absolute atomic E-state index is 5.65. The van der Waals surface area contributed by atoms with E-state index in [1.807, 2.05) is 13.8 Å². The summed E-state index contributed by atoms with van der Waals surface area (Å²) in [6.07, 6.45) is 0.961. The Hall–Kier alpha value is 1.09. The van der Waals surface area contributed by atoms with Crippen LogP contribution in [-0.4, -0.2) is 6.00 Å². The third kappa shape index (κ3) is 3.18. The molecule has 0 amide bonds. The minimum absolute atomic E-state index is 0.285. The lowest BCUT2D eigenvalue weighted by Crippen LogP contribution is -2.15. The highest BCUT2D eigenvalue weighted by molar-refractivity contribution is 7.65. The van der Waals surface area contributed by atoms with Crippen LogP contribution >= 0.6 is 33.2 Å². The summed E-state index contributed by atoms with van der Waals surface area (Å²) in [4.78, 5) is 0. The number of rotatable bonds is 2. The van der Waals surface area contributed by atoms with Gasteiger partial charge < -0.3 is 0 Å². The molecular formula is C4H9Cl3Si. The lowest BCUT2D eigenvalue weighted by molar-refractivity contribution is 0.870. The van der Waals surface area contributed by atoms with Gasteiger partial charge in [0.15, 0.2) is 0 Å². The molecule has 0 N–H and O–H groups in total. The van der Waals surface area contributed by atoms with Crippen molar-refractivity contribution in [3.63, 3.8) is 0 Å². The van der Waals surface area contributed by atoms with Gasteiger partial charge in [-0.15, -0.1) is 33.2 Å². The standard InChI is InChI=1S/C4H9Cl3Si/c1-3-4(2)8(5,6)7/h4H,3H2,1-2H3. The largest absolute Gasteiger partial charge is 0.344 e. The first-order valence-electron chi connectivity index (χ1n) is 2.55. The summed E-state index contributed by atoms with van der Waals surface area (Å²) < 4.78 is 0. The van der Waals surface area contributed by atoms with Crippen molar-refractivity contribution in [2.24, 2.45) is 0 Å². The molecule has 0 nitrogen and oxygen atoms in total. The third-order valence-corrected chi connectivity index (χ3v) is 6.05. The van der Waals surface area contributed by atoms with Gasteiger partial charge in [0.05, 0.1) is 0 Å². The molecule has 4 heteroatoms. The average Bonchev–Trinajstić information content (AvgIpc) is 1.62. The molecule has 0 aromatic carbocycles. The summed E-state index contributed by atoms with van der Waals surface area (Å²) >= 11 is 17.0. The fraction of sp³-hybridized carbons (Fsp3) is 1.00. The maximum atomic E-state index is 5.65. The van der Waals surface area contributed by atoms with E-state index >= 15 is 0 Å². The zero-order valence-corrected chi connectivity index (χ0v) is 8.19. The molecule has 50 valence electrons. The summed E-state index contributed by atoms with van der Waals surface area (Å²) in [6, 6.07) is -2.34. The van der Waals surface area contributed by atoms with Gasteiger partial charge in [0.1, 0.15) is 0 Å². The smallest absolute Gasteiger partial charge is 0.126 e. The second-order valence-corrected chi connectivity index (χ2v) is 11.0. The lowest BCUT2D eigenvalue weighted by Gasteiger charge is -2.13. The van der Waals surface area contributed by atoms with Gasteiger partial charge in [-0.25, -0.2) is 0 Å². The van der Waals surface area contributed by atoms with E-state index in [2.05, 4.69) is 0 Å². The van der Waals surface area contributed by atoms with E-state index in [9.17, 15) is 0 Å². The van der Waals surface area contributed by atoms with E-state index in [4.69, 9.17) is 33.2 Å². The summed E-state index contributed by atoms with van der Waals surface area (Å²) in [5.41, 5.74) is 0.285. The van der Waals surface area contributed by atoms with Crippen LogP contribution in [0.1, 0.15) is 20.3 Å². The SMILES string of the molecule is CCC(C)[Si](Cl)(Cl)Cl. The van der Waals surface area contributed by atoms with Crippen LogP contribution in [0, 0.1) is 0 Å². The van der Waals surface area contributed by atoms with Crippen LogP contribution in [0.4, 0.5) is 0 Å². The zero-order chi connectivity index (χ0) is 6.78. The number of hydrogen-bond donors (Lipinski definition) is 0. The lowest BCUT2D eigenvalue weighted by atomic mass is 10.4. The van der Waals surface area contributed by atoms with Gasteiger partial charge in [0.2, 0.25) is 0 Å². The molecule has 0 bridgehead atoms. The molecule has 0 heterocycles. The molecule has 0 fully saturated rings. The Labute approximate surface area is 65.2 Å². The Morgan fingerprint density at radius 1 is 1.38 bits per heavy atom. The van der Waals surface area contributed by atoms with Gasteiger partial charge in [-0.1, -0.05) is 20.3 Å². The summed E-state index contributed by atoms with van der Waals surface area (Å²) in [6.45, 7) is 4.00. The molecule has 0 saturated carbocycles. The van der Waals surface area contributed by atoms with Crippen molar-refractivity contribution >= 4 is 39.2 Å². The number of halogens is 3. The number of hydrogen-bond acceptors (Lipinski definition) is 0. The molecule has 1 atom stereocenters. The van der Waals surface area contributed by atoms with Crippen LogP contribution < -0.4 is 0 Å². The molecule has 0 spiro atoms. The van der Waals surface area contributed by atoms with Gasteiger partial charge in [-0.3, -0.25) is 0 Å². The molecule has 0 aromatic heterocycles. The van der Waals surface area contributed by atoms with Crippen LogP contribution in [0.3, 0.4) is 0 Å². The first-order valence-corrected chi connectivity index (χ1v) is 7.66. The normalized spacial score (nSPS) is 16.1. The molecule has 0 radical (unpaired) electrons. The summed E-state index contributed by atoms with van der Waals surface area (Å²) in [5, 5.41) is 0. The minimum Gasteiger partial charge on any atom is -0.126 e. The van der Waals surface area contributed by atoms with E-state index in [1.54, 1.807) is 0 Å². The van der Waals surface area contributed by atoms with E-state index in [1.165, 1.54) is 0 Å². The molecule has 0 aliphatic heterocycles. The molecule has 0 aliphatic rings. The molecule has 0 saturated heterocycles. The van der Waals surface area contributed by atoms with Crippen molar-refractivity contribution < 1.29 is 0 Å². The van der Waals surface area contributed by atoms with Crippen LogP contribution in [0.25, 0.3) is 0 Å². The molecular weight excluding hydrogens is 182 g/mol.